The van der Waals surface area contributed by atoms with Crippen LogP contribution in [0.2, 0.25) is 0 Å². The van der Waals surface area contributed by atoms with Crippen LogP contribution in [0.1, 0.15) is 36.0 Å². The molecule has 1 aromatic rings. The second kappa shape index (κ2) is 7.13. The highest BCUT2D eigenvalue weighted by atomic mass is 19.1. The van der Waals surface area contributed by atoms with Crippen LogP contribution < -0.4 is 0 Å². The maximum Gasteiger partial charge on any atom is 0.326 e. The van der Waals surface area contributed by atoms with Gasteiger partial charge in [-0.15, -0.1) is 0 Å². The van der Waals surface area contributed by atoms with E-state index in [9.17, 15) is 23.6 Å². The van der Waals surface area contributed by atoms with Crippen molar-refractivity contribution < 1.29 is 28.3 Å². The fourth-order valence-corrected chi connectivity index (χ4v) is 3.45. The van der Waals surface area contributed by atoms with Gasteiger partial charge in [-0.25, -0.2) is 4.39 Å². The maximum absolute atomic E-state index is 13.1. The molecule has 3 rings (SSSR count). The molecule has 1 saturated heterocycles. The first-order valence-electron chi connectivity index (χ1n) is 8.27. The van der Waals surface area contributed by atoms with Crippen molar-refractivity contribution in [2.24, 2.45) is 11.8 Å². The van der Waals surface area contributed by atoms with Crippen LogP contribution in [-0.2, 0) is 19.1 Å². The van der Waals surface area contributed by atoms with Crippen LogP contribution in [0.5, 0.6) is 0 Å². The summed E-state index contributed by atoms with van der Waals surface area (Å²) in [5, 5.41) is 0. The number of likely N-dealkylation sites (tertiary alicyclic amines) is 1. The lowest BCUT2D eigenvalue weighted by Crippen LogP contribution is -2.37. The molecule has 0 unspecified atom stereocenters. The van der Waals surface area contributed by atoms with E-state index >= 15 is 0 Å². The highest BCUT2D eigenvalue weighted by Crippen LogP contribution is 2.37. The van der Waals surface area contributed by atoms with Gasteiger partial charge in [0.05, 0.1) is 11.8 Å². The van der Waals surface area contributed by atoms with Gasteiger partial charge >= 0.3 is 5.97 Å². The predicted molar refractivity (Wildman–Crippen MR) is 83.9 cm³/mol. The minimum absolute atomic E-state index is 0.0899. The van der Waals surface area contributed by atoms with Gasteiger partial charge in [0.1, 0.15) is 12.4 Å². The Balaban J connectivity index is 1.55. The second-order valence-electron chi connectivity index (χ2n) is 6.35. The third-order valence-corrected chi connectivity index (χ3v) is 4.73. The van der Waals surface area contributed by atoms with Crippen LogP contribution in [0, 0.1) is 17.7 Å². The van der Waals surface area contributed by atoms with Crippen molar-refractivity contribution >= 4 is 23.6 Å². The number of benzene rings is 1. The Morgan fingerprint density at radius 2 is 1.76 bits per heavy atom. The number of hydrogen-bond acceptors (Lipinski definition) is 5. The quantitative estimate of drug-likeness (QED) is 0.460. The lowest BCUT2D eigenvalue weighted by Gasteiger charge is -2.19. The van der Waals surface area contributed by atoms with E-state index in [1.807, 2.05) is 0 Å². The molecular weight excluding hydrogens is 329 g/mol. The molecular formula is C18H18FNO5. The molecule has 2 fully saturated rings. The molecule has 1 aliphatic carbocycles. The van der Waals surface area contributed by atoms with E-state index in [4.69, 9.17) is 4.74 Å². The third-order valence-electron chi connectivity index (χ3n) is 4.73. The normalized spacial score (nSPS) is 22.7. The van der Waals surface area contributed by atoms with Crippen molar-refractivity contribution in [3.63, 3.8) is 0 Å². The number of fused-ring (bicyclic) bond motifs is 1. The van der Waals surface area contributed by atoms with E-state index in [0.29, 0.717) is 12.8 Å². The zero-order chi connectivity index (χ0) is 18.0. The number of nitrogens with zero attached hydrogens (tertiary/aromatic N) is 1. The van der Waals surface area contributed by atoms with Crippen LogP contribution in [0.4, 0.5) is 4.39 Å². The topological polar surface area (TPSA) is 80.8 Å². The molecule has 2 aliphatic rings. The van der Waals surface area contributed by atoms with Crippen molar-refractivity contribution in [1.29, 1.82) is 0 Å². The monoisotopic (exact) mass is 347 g/mol. The van der Waals surface area contributed by atoms with Crippen molar-refractivity contribution in [3.8, 4) is 0 Å². The Morgan fingerprint density at radius 3 is 2.36 bits per heavy atom. The number of amides is 2. The largest absolute Gasteiger partial charge is 0.456 e. The number of ether oxygens (including phenoxy) is 1. The summed E-state index contributed by atoms with van der Waals surface area (Å²) >= 11 is 0. The van der Waals surface area contributed by atoms with E-state index in [2.05, 4.69) is 0 Å². The SMILES string of the molecule is O=C(CN1C(=O)[C@@H]2CCCC[C@H]2C1=O)OCC(=O)c1cccc(F)c1. The molecule has 2 atom stereocenters. The Bertz CT molecular complexity index is 708. The molecule has 0 N–H and O–H groups in total. The molecule has 1 heterocycles. The molecule has 1 aromatic carbocycles. The molecule has 7 heteroatoms. The zero-order valence-electron chi connectivity index (χ0n) is 13.6. The highest BCUT2D eigenvalue weighted by molar-refractivity contribution is 6.07. The second-order valence-corrected chi connectivity index (χ2v) is 6.35. The summed E-state index contributed by atoms with van der Waals surface area (Å²) < 4.78 is 17.9. The lowest BCUT2D eigenvalue weighted by atomic mass is 9.81. The first kappa shape index (κ1) is 17.3. The number of halogens is 1. The van der Waals surface area contributed by atoms with Crippen molar-refractivity contribution in [2.45, 2.75) is 25.7 Å². The minimum Gasteiger partial charge on any atom is -0.456 e. The van der Waals surface area contributed by atoms with Gasteiger partial charge in [0.15, 0.2) is 12.4 Å². The maximum atomic E-state index is 13.1. The standard InChI is InChI=1S/C18H18FNO5/c19-12-5-3-4-11(8-12)15(21)10-25-16(22)9-20-17(23)13-6-1-2-7-14(13)18(20)24/h3-5,8,13-14H,1-2,6-7,9-10H2/t13-,14-/m1/s1. The number of imide groups is 1. The van der Waals surface area contributed by atoms with Crippen LogP contribution in [0.15, 0.2) is 24.3 Å². The number of hydrogen-bond donors (Lipinski definition) is 0. The van der Waals surface area contributed by atoms with Gasteiger partial charge in [-0.2, -0.15) is 0 Å². The van der Waals surface area contributed by atoms with Crippen molar-refractivity contribution in [2.75, 3.05) is 13.2 Å². The van der Waals surface area contributed by atoms with Crippen LogP contribution in [0.25, 0.3) is 0 Å². The molecule has 1 saturated carbocycles. The molecule has 0 spiro atoms. The number of esters is 1. The van der Waals surface area contributed by atoms with Gasteiger partial charge in [-0.05, 0) is 25.0 Å². The first-order valence-corrected chi connectivity index (χ1v) is 8.27. The summed E-state index contributed by atoms with van der Waals surface area (Å²) in [5.41, 5.74) is 0.0899. The fourth-order valence-electron chi connectivity index (χ4n) is 3.45. The predicted octanol–water partition coefficient (Wildman–Crippen LogP) is 1.73. The Kier molecular flexibility index (Phi) is 4.92. The minimum atomic E-state index is -0.829. The Labute approximate surface area is 143 Å². The summed E-state index contributed by atoms with van der Waals surface area (Å²) in [6, 6.07) is 5.05. The van der Waals surface area contributed by atoms with Crippen LogP contribution in [-0.4, -0.2) is 41.6 Å². The summed E-state index contributed by atoms with van der Waals surface area (Å²) in [6.07, 6.45) is 3.14. The Hall–Kier alpha value is -2.57. The number of rotatable bonds is 5. The lowest BCUT2D eigenvalue weighted by molar-refractivity contribution is -0.152. The van der Waals surface area contributed by atoms with Gasteiger partial charge in [0, 0.05) is 5.56 Å². The molecule has 0 bridgehead atoms. The number of ketones is 1. The van der Waals surface area contributed by atoms with E-state index < -0.39 is 30.7 Å². The average Bonchev–Trinajstić information content (AvgIpc) is 2.85. The fraction of sp³-hybridized carbons (Fsp3) is 0.444. The van der Waals surface area contributed by atoms with Gasteiger partial charge in [0.2, 0.25) is 11.8 Å². The van der Waals surface area contributed by atoms with Gasteiger partial charge in [0.25, 0.3) is 0 Å². The summed E-state index contributed by atoms with van der Waals surface area (Å²) in [7, 11) is 0. The molecule has 25 heavy (non-hydrogen) atoms. The van der Waals surface area contributed by atoms with Gasteiger partial charge in [-0.1, -0.05) is 25.0 Å². The number of carbonyl (C=O) groups excluding carboxylic acids is 4. The average molecular weight is 347 g/mol. The van der Waals surface area contributed by atoms with E-state index in [1.54, 1.807) is 0 Å². The third kappa shape index (κ3) is 3.60. The summed E-state index contributed by atoms with van der Waals surface area (Å²) in [6.45, 7) is -1.05. The Morgan fingerprint density at radius 1 is 1.12 bits per heavy atom. The molecule has 1 aliphatic heterocycles. The summed E-state index contributed by atoms with van der Waals surface area (Å²) in [4.78, 5) is 49.3. The van der Waals surface area contributed by atoms with Gasteiger partial charge < -0.3 is 4.74 Å². The molecule has 0 radical (unpaired) electrons. The van der Waals surface area contributed by atoms with Crippen molar-refractivity contribution in [1.82, 2.24) is 4.90 Å². The van der Waals surface area contributed by atoms with E-state index in [-0.39, 0.29) is 29.2 Å². The molecule has 0 aromatic heterocycles. The highest BCUT2D eigenvalue weighted by Gasteiger charge is 2.48. The van der Waals surface area contributed by atoms with E-state index in [0.717, 1.165) is 23.8 Å². The van der Waals surface area contributed by atoms with Gasteiger partial charge in [-0.3, -0.25) is 24.1 Å². The first-order chi connectivity index (χ1) is 12.0. The smallest absolute Gasteiger partial charge is 0.326 e. The molecule has 6 nitrogen and oxygen atoms in total. The van der Waals surface area contributed by atoms with Crippen LogP contribution >= 0.6 is 0 Å². The van der Waals surface area contributed by atoms with Crippen molar-refractivity contribution in [3.05, 3.63) is 35.6 Å². The van der Waals surface area contributed by atoms with E-state index in [1.165, 1.54) is 18.2 Å². The molecule has 132 valence electrons. The zero-order valence-corrected chi connectivity index (χ0v) is 13.6. The molecule has 2 amide bonds. The van der Waals surface area contributed by atoms with Crippen LogP contribution in [0.3, 0.4) is 0 Å². The number of Topliss-reactive ketones (excluding diaryl/α,β-unsaturated/α-hetero) is 1. The number of carbonyl (C=O) groups is 4. The summed E-state index contributed by atoms with van der Waals surface area (Å²) in [5.74, 6) is -3.27.